The van der Waals surface area contributed by atoms with E-state index in [4.69, 9.17) is 0 Å². The Morgan fingerprint density at radius 2 is 2.14 bits per heavy atom. The van der Waals surface area contributed by atoms with Gasteiger partial charge in [-0.1, -0.05) is 6.07 Å². The lowest BCUT2D eigenvalue weighted by molar-refractivity contribution is -0.131. The number of hydrogen-bond acceptors (Lipinski definition) is 5. The van der Waals surface area contributed by atoms with Crippen molar-refractivity contribution < 1.29 is 9.59 Å². The number of rotatable bonds is 3. The summed E-state index contributed by atoms with van der Waals surface area (Å²) >= 11 is 2.98. The minimum Gasteiger partial charge on any atom is -0.319 e. The zero-order valence-corrected chi connectivity index (χ0v) is 13.6. The number of thiophene rings is 1. The predicted octanol–water partition coefficient (Wildman–Crippen LogP) is 2.79. The SMILES string of the molecule is Cc1nc(CN2C(=O)N[C@](C)(c3cccs3)C2=O)sc1C. The van der Waals surface area contributed by atoms with E-state index in [-0.39, 0.29) is 18.5 Å². The molecule has 110 valence electrons. The van der Waals surface area contributed by atoms with Crippen LogP contribution in [0, 0.1) is 13.8 Å². The van der Waals surface area contributed by atoms with Gasteiger partial charge in [0, 0.05) is 9.75 Å². The van der Waals surface area contributed by atoms with Gasteiger partial charge in [-0.3, -0.25) is 9.69 Å². The molecule has 0 saturated carbocycles. The molecule has 3 rings (SSSR count). The highest BCUT2D eigenvalue weighted by molar-refractivity contribution is 7.11. The summed E-state index contributed by atoms with van der Waals surface area (Å²) in [5.74, 6) is -0.222. The van der Waals surface area contributed by atoms with Crippen molar-refractivity contribution in [3.63, 3.8) is 0 Å². The summed E-state index contributed by atoms with van der Waals surface area (Å²) in [6.07, 6.45) is 0. The number of imide groups is 1. The van der Waals surface area contributed by atoms with E-state index in [0.29, 0.717) is 0 Å². The first kappa shape index (κ1) is 14.2. The van der Waals surface area contributed by atoms with Crippen LogP contribution >= 0.6 is 22.7 Å². The number of carbonyl (C=O) groups is 2. The summed E-state index contributed by atoms with van der Waals surface area (Å²) in [6, 6.07) is 3.38. The number of hydrogen-bond donors (Lipinski definition) is 1. The molecule has 0 aromatic carbocycles. The monoisotopic (exact) mass is 321 g/mol. The molecule has 3 amide bonds. The third-order valence-corrected chi connectivity index (χ3v) is 5.80. The lowest BCUT2D eigenvalue weighted by Gasteiger charge is -2.19. The molecule has 5 nitrogen and oxygen atoms in total. The predicted molar refractivity (Wildman–Crippen MR) is 82.3 cm³/mol. The van der Waals surface area contributed by atoms with Crippen molar-refractivity contribution in [2.24, 2.45) is 0 Å². The second-order valence-electron chi connectivity index (χ2n) is 5.17. The Morgan fingerprint density at radius 3 is 2.71 bits per heavy atom. The van der Waals surface area contributed by atoms with E-state index in [1.54, 1.807) is 6.92 Å². The van der Waals surface area contributed by atoms with Gasteiger partial charge in [0.1, 0.15) is 5.01 Å². The fourth-order valence-electron chi connectivity index (χ4n) is 2.31. The Bertz CT molecular complexity index is 688. The van der Waals surface area contributed by atoms with Gasteiger partial charge in [0.15, 0.2) is 5.54 Å². The van der Waals surface area contributed by atoms with Gasteiger partial charge in [-0.05, 0) is 32.2 Å². The zero-order chi connectivity index (χ0) is 15.2. The van der Waals surface area contributed by atoms with Crippen LogP contribution in [0.4, 0.5) is 4.79 Å². The third-order valence-electron chi connectivity index (χ3n) is 3.66. The van der Waals surface area contributed by atoms with E-state index in [0.717, 1.165) is 20.5 Å². The molecule has 2 aromatic rings. The van der Waals surface area contributed by atoms with Crippen LogP contribution in [0.5, 0.6) is 0 Å². The maximum Gasteiger partial charge on any atom is 0.325 e. The van der Waals surface area contributed by atoms with Crippen molar-refractivity contribution in [3.05, 3.63) is 38.0 Å². The van der Waals surface area contributed by atoms with E-state index in [1.807, 2.05) is 31.4 Å². The smallest absolute Gasteiger partial charge is 0.319 e. The van der Waals surface area contributed by atoms with Crippen LogP contribution in [0.2, 0.25) is 0 Å². The maximum atomic E-state index is 12.7. The molecule has 0 spiro atoms. The van der Waals surface area contributed by atoms with Gasteiger partial charge in [-0.2, -0.15) is 0 Å². The molecule has 21 heavy (non-hydrogen) atoms. The lowest BCUT2D eigenvalue weighted by Crippen LogP contribution is -2.40. The largest absolute Gasteiger partial charge is 0.325 e. The van der Waals surface area contributed by atoms with Crippen molar-refractivity contribution in [2.45, 2.75) is 32.9 Å². The Morgan fingerprint density at radius 1 is 1.38 bits per heavy atom. The molecule has 0 unspecified atom stereocenters. The van der Waals surface area contributed by atoms with Crippen molar-refractivity contribution in [2.75, 3.05) is 0 Å². The van der Waals surface area contributed by atoms with Gasteiger partial charge >= 0.3 is 6.03 Å². The van der Waals surface area contributed by atoms with Crippen LogP contribution in [-0.4, -0.2) is 21.8 Å². The standard InChI is InChI=1S/C14H15N3O2S2/c1-8-9(2)21-11(15-8)7-17-12(18)14(3,16-13(17)19)10-5-4-6-20-10/h4-6H,7H2,1-3H3,(H,16,19)/t14-/m1/s1. The molecule has 2 aromatic heterocycles. The molecule has 1 aliphatic heterocycles. The van der Waals surface area contributed by atoms with Crippen LogP contribution in [0.15, 0.2) is 17.5 Å². The normalized spacial score (nSPS) is 22.0. The zero-order valence-electron chi connectivity index (χ0n) is 12.0. The van der Waals surface area contributed by atoms with Gasteiger partial charge in [0.2, 0.25) is 0 Å². The van der Waals surface area contributed by atoms with Gasteiger partial charge in [0.25, 0.3) is 5.91 Å². The minimum atomic E-state index is -0.966. The lowest BCUT2D eigenvalue weighted by atomic mass is 10.0. The molecular weight excluding hydrogens is 306 g/mol. The molecule has 0 bridgehead atoms. The Hall–Kier alpha value is -1.73. The fraction of sp³-hybridized carbons (Fsp3) is 0.357. The summed E-state index contributed by atoms with van der Waals surface area (Å²) in [4.78, 5) is 32.4. The van der Waals surface area contributed by atoms with Crippen LogP contribution in [0.25, 0.3) is 0 Å². The van der Waals surface area contributed by atoms with Crippen molar-refractivity contribution in [1.29, 1.82) is 0 Å². The third kappa shape index (κ3) is 2.26. The summed E-state index contributed by atoms with van der Waals surface area (Å²) in [5, 5.41) is 5.48. The number of aryl methyl sites for hydroxylation is 2. The van der Waals surface area contributed by atoms with Crippen molar-refractivity contribution >= 4 is 34.6 Å². The summed E-state index contributed by atoms with van der Waals surface area (Å²) in [5.41, 5.74) is -0.0184. The van der Waals surface area contributed by atoms with Gasteiger partial charge < -0.3 is 5.32 Å². The summed E-state index contributed by atoms with van der Waals surface area (Å²) < 4.78 is 0. The number of nitrogens with one attached hydrogen (secondary N) is 1. The average molecular weight is 321 g/mol. The second kappa shape index (κ2) is 4.92. The molecule has 0 aliphatic carbocycles. The van der Waals surface area contributed by atoms with E-state index in [9.17, 15) is 9.59 Å². The molecule has 1 atom stereocenters. The molecule has 0 radical (unpaired) electrons. The highest BCUT2D eigenvalue weighted by Crippen LogP contribution is 2.33. The van der Waals surface area contributed by atoms with Crippen LogP contribution in [0.1, 0.15) is 27.4 Å². The van der Waals surface area contributed by atoms with Crippen molar-refractivity contribution in [3.8, 4) is 0 Å². The molecule has 7 heteroatoms. The fourth-order valence-corrected chi connectivity index (χ4v) is 4.07. The molecular formula is C14H15N3O2S2. The second-order valence-corrected chi connectivity index (χ2v) is 7.41. The number of nitrogens with zero attached hydrogens (tertiary/aromatic N) is 2. The first-order valence-corrected chi connectivity index (χ1v) is 8.22. The molecule has 1 N–H and O–H groups in total. The first-order valence-electron chi connectivity index (χ1n) is 6.53. The quantitative estimate of drug-likeness (QED) is 0.884. The molecule has 3 heterocycles. The Kier molecular flexibility index (Phi) is 3.33. The first-order chi connectivity index (χ1) is 9.91. The van der Waals surface area contributed by atoms with E-state index >= 15 is 0 Å². The average Bonchev–Trinajstić information content (AvgIpc) is 3.10. The molecule has 1 aliphatic rings. The highest BCUT2D eigenvalue weighted by atomic mass is 32.1. The van der Waals surface area contributed by atoms with Gasteiger partial charge in [-0.15, -0.1) is 22.7 Å². The number of urea groups is 1. The molecule has 1 saturated heterocycles. The van der Waals surface area contributed by atoms with Crippen molar-refractivity contribution in [1.82, 2.24) is 15.2 Å². The van der Waals surface area contributed by atoms with E-state index in [2.05, 4.69) is 10.3 Å². The van der Waals surface area contributed by atoms with E-state index in [1.165, 1.54) is 27.6 Å². The Balaban J connectivity index is 1.87. The summed E-state index contributed by atoms with van der Waals surface area (Å²) in [6.45, 7) is 5.89. The van der Waals surface area contributed by atoms with Gasteiger partial charge in [0.05, 0.1) is 12.2 Å². The minimum absolute atomic E-state index is 0.222. The summed E-state index contributed by atoms with van der Waals surface area (Å²) in [7, 11) is 0. The van der Waals surface area contributed by atoms with Gasteiger partial charge in [-0.25, -0.2) is 9.78 Å². The Labute approximate surface area is 130 Å². The number of thiazole rings is 1. The topological polar surface area (TPSA) is 62.3 Å². The number of aromatic nitrogens is 1. The van der Waals surface area contributed by atoms with Crippen LogP contribution < -0.4 is 5.32 Å². The van der Waals surface area contributed by atoms with Crippen LogP contribution in [0.3, 0.4) is 0 Å². The van der Waals surface area contributed by atoms with E-state index < -0.39 is 5.54 Å². The number of carbonyl (C=O) groups excluding carboxylic acids is 2. The highest BCUT2D eigenvalue weighted by Gasteiger charge is 2.49. The maximum absolute atomic E-state index is 12.7. The number of amides is 3. The van der Waals surface area contributed by atoms with Crippen LogP contribution in [-0.2, 0) is 16.9 Å². The molecule has 1 fully saturated rings.